The quantitative estimate of drug-likeness (QED) is 0.712. The van der Waals surface area contributed by atoms with Gasteiger partial charge in [-0.25, -0.2) is 9.97 Å². The van der Waals surface area contributed by atoms with E-state index in [-0.39, 0.29) is 0 Å². The van der Waals surface area contributed by atoms with Crippen molar-refractivity contribution in [3.05, 3.63) is 30.0 Å². The Morgan fingerprint density at radius 3 is 2.69 bits per heavy atom. The van der Waals surface area contributed by atoms with Crippen molar-refractivity contribution in [3.63, 3.8) is 0 Å². The number of H-pyrrole nitrogens is 1. The first-order valence-electron chi connectivity index (χ1n) is 4.06. The van der Waals surface area contributed by atoms with Crippen LogP contribution in [0.4, 0.5) is 0 Å². The molecule has 0 aliphatic heterocycles. The number of aromatic amines is 1. The first-order chi connectivity index (χ1) is 6.29. The zero-order valence-electron chi connectivity index (χ0n) is 7.57. The molecule has 0 fully saturated rings. The minimum atomic E-state index is 0.961. The highest BCUT2D eigenvalue weighted by molar-refractivity contribution is 5.63. The second kappa shape index (κ2) is 2.97. The van der Waals surface area contributed by atoms with Crippen LogP contribution in [0, 0.1) is 13.8 Å². The van der Waals surface area contributed by atoms with E-state index >= 15 is 0 Å². The van der Waals surface area contributed by atoms with Gasteiger partial charge in [-0.05, 0) is 19.4 Å². The van der Waals surface area contributed by atoms with Gasteiger partial charge in [0.1, 0.15) is 6.33 Å². The minimum absolute atomic E-state index is 0.961. The Hall–Kier alpha value is -1.71. The maximum atomic E-state index is 4.12. The molecule has 13 heavy (non-hydrogen) atoms. The summed E-state index contributed by atoms with van der Waals surface area (Å²) in [5, 5.41) is 6.89. The normalized spacial score (nSPS) is 10.3. The fraction of sp³-hybridized carbons (Fsp3) is 0.222. The number of hydrogen-bond donors (Lipinski definition) is 1. The lowest BCUT2D eigenvalue weighted by Crippen LogP contribution is -1.90. The predicted molar refractivity (Wildman–Crippen MR) is 49.1 cm³/mol. The van der Waals surface area contributed by atoms with E-state index in [1.807, 2.05) is 13.8 Å². The van der Waals surface area contributed by atoms with Crippen LogP contribution in [0.3, 0.4) is 0 Å². The second-order valence-corrected chi connectivity index (χ2v) is 2.95. The van der Waals surface area contributed by atoms with Gasteiger partial charge in [0, 0.05) is 11.8 Å². The molecule has 0 amide bonds. The van der Waals surface area contributed by atoms with E-state index in [2.05, 4.69) is 20.2 Å². The first-order valence-corrected chi connectivity index (χ1v) is 4.06. The average molecular weight is 174 g/mol. The lowest BCUT2D eigenvalue weighted by atomic mass is 10.1. The summed E-state index contributed by atoms with van der Waals surface area (Å²) < 4.78 is 0. The smallest absolute Gasteiger partial charge is 0.115 e. The van der Waals surface area contributed by atoms with Crippen LogP contribution in [-0.2, 0) is 0 Å². The van der Waals surface area contributed by atoms with Crippen molar-refractivity contribution in [2.24, 2.45) is 0 Å². The number of nitrogens with zero attached hydrogens (tertiary/aromatic N) is 3. The lowest BCUT2D eigenvalue weighted by molar-refractivity contribution is 1.06. The fourth-order valence-electron chi connectivity index (χ4n) is 1.26. The number of nitrogens with one attached hydrogen (secondary N) is 1. The van der Waals surface area contributed by atoms with Crippen LogP contribution in [0.1, 0.15) is 11.3 Å². The van der Waals surface area contributed by atoms with Crippen LogP contribution in [0.2, 0.25) is 0 Å². The van der Waals surface area contributed by atoms with Crippen LogP contribution in [0.25, 0.3) is 11.3 Å². The van der Waals surface area contributed by atoms with Crippen molar-refractivity contribution in [1.29, 1.82) is 0 Å². The van der Waals surface area contributed by atoms with Gasteiger partial charge in [-0.2, -0.15) is 5.10 Å². The van der Waals surface area contributed by atoms with Crippen LogP contribution in [-0.4, -0.2) is 20.2 Å². The van der Waals surface area contributed by atoms with E-state index in [1.54, 1.807) is 18.7 Å². The molecule has 0 atom stereocenters. The standard InChI is InChI=1S/C9H10N4/c1-6-3-12-13-9(6)8-4-10-5-11-7(8)2/h3-5H,1-2H3,(H,12,13). The Morgan fingerprint density at radius 1 is 1.23 bits per heavy atom. The van der Waals surface area contributed by atoms with E-state index in [0.717, 1.165) is 22.5 Å². The third kappa shape index (κ3) is 1.30. The van der Waals surface area contributed by atoms with Crippen molar-refractivity contribution in [1.82, 2.24) is 20.2 Å². The molecule has 66 valence electrons. The van der Waals surface area contributed by atoms with Gasteiger partial charge in [-0.15, -0.1) is 0 Å². The maximum Gasteiger partial charge on any atom is 0.115 e. The van der Waals surface area contributed by atoms with Crippen LogP contribution >= 0.6 is 0 Å². The van der Waals surface area contributed by atoms with Gasteiger partial charge in [0.15, 0.2) is 0 Å². The summed E-state index contributed by atoms with van der Waals surface area (Å²) in [6.07, 6.45) is 5.13. The monoisotopic (exact) mass is 174 g/mol. The molecular formula is C9H10N4. The molecule has 0 aliphatic rings. The van der Waals surface area contributed by atoms with Crippen molar-refractivity contribution in [2.75, 3.05) is 0 Å². The highest BCUT2D eigenvalue weighted by atomic mass is 15.1. The largest absolute Gasteiger partial charge is 0.277 e. The molecule has 2 aromatic rings. The molecule has 2 aromatic heterocycles. The van der Waals surface area contributed by atoms with Crippen LogP contribution in [0.5, 0.6) is 0 Å². The molecule has 0 aliphatic carbocycles. The number of aromatic nitrogens is 4. The third-order valence-electron chi connectivity index (χ3n) is 2.01. The summed E-state index contributed by atoms with van der Waals surface area (Å²) in [5.74, 6) is 0. The lowest BCUT2D eigenvalue weighted by Gasteiger charge is -2.01. The van der Waals surface area contributed by atoms with Crippen molar-refractivity contribution in [3.8, 4) is 11.3 Å². The fourth-order valence-corrected chi connectivity index (χ4v) is 1.26. The maximum absolute atomic E-state index is 4.12. The van der Waals surface area contributed by atoms with Gasteiger partial charge in [0.05, 0.1) is 17.6 Å². The SMILES string of the molecule is Cc1cn[nH]c1-c1cncnc1C. The molecule has 0 spiro atoms. The van der Waals surface area contributed by atoms with Crippen molar-refractivity contribution >= 4 is 0 Å². The van der Waals surface area contributed by atoms with E-state index in [1.165, 1.54) is 0 Å². The first kappa shape index (κ1) is 7.91. The van der Waals surface area contributed by atoms with Gasteiger partial charge < -0.3 is 0 Å². The Bertz CT molecular complexity index is 419. The highest BCUT2D eigenvalue weighted by Crippen LogP contribution is 2.20. The summed E-state index contributed by atoms with van der Waals surface area (Å²) in [7, 11) is 0. The molecule has 1 N–H and O–H groups in total. The van der Waals surface area contributed by atoms with E-state index in [4.69, 9.17) is 0 Å². The molecule has 4 heteroatoms. The van der Waals surface area contributed by atoms with E-state index in [9.17, 15) is 0 Å². The number of aryl methyl sites for hydroxylation is 2. The number of rotatable bonds is 1. The Kier molecular flexibility index (Phi) is 1.81. The van der Waals surface area contributed by atoms with Gasteiger partial charge in [-0.1, -0.05) is 0 Å². The molecule has 4 nitrogen and oxygen atoms in total. The van der Waals surface area contributed by atoms with Gasteiger partial charge in [0.25, 0.3) is 0 Å². The summed E-state index contributed by atoms with van der Waals surface area (Å²) in [6.45, 7) is 3.96. The Morgan fingerprint density at radius 2 is 2.08 bits per heavy atom. The van der Waals surface area contributed by atoms with Crippen molar-refractivity contribution < 1.29 is 0 Å². The number of hydrogen-bond acceptors (Lipinski definition) is 3. The van der Waals surface area contributed by atoms with E-state index in [0.29, 0.717) is 0 Å². The van der Waals surface area contributed by atoms with Gasteiger partial charge in [-0.3, -0.25) is 5.10 Å². The highest BCUT2D eigenvalue weighted by Gasteiger charge is 2.06. The summed E-state index contributed by atoms with van der Waals surface area (Å²) in [4.78, 5) is 8.10. The summed E-state index contributed by atoms with van der Waals surface area (Å²) >= 11 is 0. The molecule has 0 bridgehead atoms. The molecule has 0 saturated heterocycles. The van der Waals surface area contributed by atoms with E-state index < -0.39 is 0 Å². The Balaban J connectivity index is 2.59. The Labute approximate surface area is 76.1 Å². The molecular weight excluding hydrogens is 164 g/mol. The zero-order valence-corrected chi connectivity index (χ0v) is 7.57. The molecule has 0 aromatic carbocycles. The third-order valence-corrected chi connectivity index (χ3v) is 2.01. The van der Waals surface area contributed by atoms with Crippen molar-refractivity contribution in [2.45, 2.75) is 13.8 Å². The van der Waals surface area contributed by atoms with Crippen LogP contribution in [0.15, 0.2) is 18.7 Å². The molecule has 2 heterocycles. The summed E-state index contributed by atoms with van der Waals surface area (Å²) in [5.41, 5.74) is 4.08. The molecule has 0 radical (unpaired) electrons. The zero-order chi connectivity index (χ0) is 9.26. The van der Waals surface area contributed by atoms with Gasteiger partial charge >= 0.3 is 0 Å². The topological polar surface area (TPSA) is 54.5 Å². The predicted octanol–water partition coefficient (Wildman–Crippen LogP) is 1.48. The van der Waals surface area contributed by atoms with Gasteiger partial charge in [0.2, 0.25) is 0 Å². The molecule has 0 unspecified atom stereocenters. The average Bonchev–Trinajstić information content (AvgIpc) is 2.52. The summed E-state index contributed by atoms with van der Waals surface area (Å²) in [6, 6.07) is 0. The molecule has 0 saturated carbocycles. The minimum Gasteiger partial charge on any atom is -0.277 e. The second-order valence-electron chi connectivity index (χ2n) is 2.95. The van der Waals surface area contributed by atoms with Crippen LogP contribution < -0.4 is 0 Å². The molecule has 2 rings (SSSR count).